The maximum atomic E-state index is 12.4. The highest BCUT2D eigenvalue weighted by Crippen LogP contribution is 2.14. The third-order valence-corrected chi connectivity index (χ3v) is 4.29. The van der Waals surface area contributed by atoms with Crippen LogP contribution in [0, 0.1) is 0 Å². The zero-order valence-corrected chi connectivity index (χ0v) is 15.7. The fourth-order valence-electron chi connectivity index (χ4n) is 2.32. The van der Waals surface area contributed by atoms with Crippen molar-refractivity contribution in [1.82, 2.24) is 10.3 Å². The number of aromatic nitrogens is 1. The summed E-state index contributed by atoms with van der Waals surface area (Å²) in [5, 5.41) is 15.5. The van der Waals surface area contributed by atoms with Crippen LogP contribution in [0.3, 0.4) is 0 Å². The lowest BCUT2D eigenvalue weighted by molar-refractivity contribution is -0.115. The maximum absolute atomic E-state index is 12.4. The van der Waals surface area contributed by atoms with Crippen LogP contribution in [0.4, 0.5) is 10.8 Å². The Labute approximate surface area is 178 Å². The van der Waals surface area contributed by atoms with Crippen molar-refractivity contribution >= 4 is 28.1 Å². The van der Waals surface area contributed by atoms with Crippen LogP contribution in [0.15, 0.2) is 59.9 Å². The highest BCUT2D eigenvalue weighted by Gasteiger charge is 2.08. The average Bonchev–Trinajstić information content (AvgIpc) is 3.11. The number of carbonyl (C=O) groups is 1. The Kier molecular flexibility index (Phi) is 4.52. The number of anilines is 2. The summed E-state index contributed by atoms with van der Waals surface area (Å²) in [5.41, 5.74) is 5.43. The number of amides is 1. The van der Waals surface area contributed by atoms with E-state index in [2.05, 4.69) is 15.6 Å². The number of nitrogens with one attached hydrogen (secondary N) is 2. The molecule has 3 aromatic rings. The summed E-state index contributed by atoms with van der Waals surface area (Å²) in [7, 11) is 0. The molecule has 1 aromatic heterocycles. The SMILES string of the molecule is [2H]c1sc(N)nc1CC(=O)Nc1c([2H])c([2H])c(C([2H])([2H])CNC[C@@H](O)c2ccccc2)c([2H])c1[2H]. The zero-order valence-electron chi connectivity index (χ0n) is 21.9. The van der Waals surface area contributed by atoms with Gasteiger partial charge in [0.05, 0.1) is 25.1 Å². The van der Waals surface area contributed by atoms with Crippen LogP contribution < -0.4 is 16.4 Å². The molecule has 0 saturated carbocycles. The van der Waals surface area contributed by atoms with Crippen molar-refractivity contribution in [1.29, 1.82) is 0 Å². The minimum absolute atomic E-state index is 0.00521. The normalized spacial score (nSPS) is 16.0. The van der Waals surface area contributed by atoms with Gasteiger partial charge in [0.2, 0.25) is 5.91 Å². The summed E-state index contributed by atoms with van der Waals surface area (Å²) >= 11 is 0.896. The van der Waals surface area contributed by atoms with Gasteiger partial charge in [0.25, 0.3) is 0 Å². The van der Waals surface area contributed by atoms with E-state index >= 15 is 0 Å². The van der Waals surface area contributed by atoms with Gasteiger partial charge in [-0.1, -0.05) is 42.4 Å². The number of carbonyl (C=O) groups excluding carboxylic acids is 1. The van der Waals surface area contributed by atoms with Crippen LogP contribution >= 0.6 is 11.3 Å². The molecule has 7 heteroatoms. The summed E-state index contributed by atoms with van der Waals surface area (Å²) in [6.45, 7) is -0.365. The minimum atomic E-state index is -2.31. The fraction of sp³-hybridized carbons (Fsp3) is 0.238. The van der Waals surface area contributed by atoms with Gasteiger partial charge in [0.1, 0.15) is 0 Å². The van der Waals surface area contributed by atoms with E-state index in [9.17, 15) is 9.90 Å². The molecule has 0 aliphatic heterocycles. The second-order valence-corrected chi connectivity index (χ2v) is 6.64. The van der Waals surface area contributed by atoms with E-state index < -0.39 is 53.8 Å². The van der Waals surface area contributed by atoms with Crippen molar-refractivity contribution in [2.75, 3.05) is 24.1 Å². The molecule has 0 spiro atoms. The van der Waals surface area contributed by atoms with Crippen molar-refractivity contribution in [2.24, 2.45) is 0 Å². The number of nitrogens with zero attached hydrogens (tertiary/aromatic N) is 1. The Morgan fingerprint density at radius 1 is 1.29 bits per heavy atom. The third kappa shape index (κ3) is 6.16. The number of benzene rings is 2. The Morgan fingerprint density at radius 3 is 2.71 bits per heavy atom. The molecule has 0 radical (unpaired) electrons. The van der Waals surface area contributed by atoms with E-state index in [0.29, 0.717) is 5.56 Å². The first-order valence-corrected chi connectivity index (χ1v) is 9.30. The molecular formula is C21H24N4O2S. The number of nitrogens with two attached hydrogens (primary N) is 1. The highest BCUT2D eigenvalue weighted by molar-refractivity contribution is 7.13. The average molecular weight is 404 g/mol. The number of hydrogen-bond donors (Lipinski definition) is 4. The minimum Gasteiger partial charge on any atom is -0.387 e. The lowest BCUT2D eigenvalue weighted by Crippen LogP contribution is -2.23. The van der Waals surface area contributed by atoms with Crippen LogP contribution in [0.5, 0.6) is 0 Å². The summed E-state index contributed by atoms with van der Waals surface area (Å²) in [6, 6.07) is 6.32. The predicted octanol–water partition coefficient (Wildman–Crippen LogP) is 2.77. The lowest BCUT2D eigenvalue weighted by atomic mass is 10.1. The summed E-state index contributed by atoms with van der Waals surface area (Å²) in [6.07, 6.45) is -3.55. The summed E-state index contributed by atoms with van der Waals surface area (Å²) in [5.74, 6) is -0.711. The van der Waals surface area contributed by atoms with Crippen molar-refractivity contribution in [3.63, 3.8) is 0 Å². The highest BCUT2D eigenvalue weighted by atomic mass is 32.1. The van der Waals surface area contributed by atoms with Crippen LogP contribution in [-0.2, 0) is 17.6 Å². The molecule has 0 aliphatic rings. The van der Waals surface area contributed by atoms with Gasteiger partial charge in [0, 0.05) is 20.3 Å². The van der Waals surface area contributed by atoms with Crippen molar-refractivity contribution in [3.05, 3.63) is 76.7 Å². The molecule has 0 unspecified atom stereocenters. The molecule has 0 saturated heterocycles. The molecule has 146 valence electrons. The Balaban J connectivity index is 1.76. The Bertz CT molecular complexity index is 1200. The molecule has 3 rings (SSSR count). The zero-order chi connectivity index (χ0) is 25.9. The third-order valence-electron chi connectivity index (χ3n) is 3.65. The van der Waals surface area contributed by atoms with Crippen LogP contribution in [0.2, 0.25) is 0 Å². The number of thiazole rings is 1. The van der Waals surface area contributed by atoms with Gasteiger partial charge in [-0.3, -0.25) is 4.79 Å². The molecule has 28 heavy (non-hydrogen) atoms. The topological polar surface area (TPSA) is 100 Å². The van der Waals surface area contributed by atoms with Gasteiger partial charge in [-0.05, 0) is 36.1 Å². The molecule has 1 amide bonds. The largest absolute Gasteiger partial charge is 0.387 e. The van der Waals surface area contributed by atoms with E-state index in [1.807, 2.05) is 0 Å². The van der Waals surface area contributed by atoms with E-state index in [-0.39, 0.29) is 35.7 Å². The van der Waals surface area contributed by atoms with Gasteiger partial charge in [-0.2, -0.15) is 0 Å². The molecule has 1 atom stereocenters. The number of aliphatic hydroxyl groups excluding tert-OH is 1. The van der Waals surface area contributed by atoms with Crippen LogP contribution in [0.1, 0.15) is 32.5 Å². The van der Waals surface area contributed by atoms with Gasteiger partial charge in [-0.25, -0.2) is 4.98 Å². The molecule has 5 N–H and O–H groups in total. The molecule has 0 fully saturated rings. The van der Waals surface area contributed by atoms with Gasteiger partial charge in [0.15, 0.2) is 5.13 Å². The summed E-state index contributed by atoms with van der Waals surface area (Å²) in [4.78, 5) is 16.3. The van der Waals surface area contributed by atoms with Crippen molar-refractivity contribution in [3.8, 4) is 0 Å². The van der Waals surface area contributed by atoms with E-state index in [1.54, 1.807) is 30.3 Å². The maximum Gasteiger partial charge on any atom is 0.230 e. The van der Waals surface area contributed by atoms with E-state index in [0.717, 1.165) is 11.3 Å². The molecular weight excluding hydrogens is 372 g/mol. The van der Waals surface area contributed by atoms with Gasteiger partial charge in [-0.15, -0.1) is 11.3 Å². The molecule has 1 heterocycles. The van der Waals surface area contributed by atoms with Crippen LogP contribution in [0.25, 0.3) is 0 Å². The number of hydrogen-bond acceptors (Lipinski definition) is 6. The second kappa shape index (κ2) is 9.98. The monoisotopic (exact) mass is 403 g/mol. The van der Waals surface area contributed by atoms with Crippen LogP contribution in [-0.4, -0.2) is 29.1 Å². The standard InChI is InChI=1S/C21H24N4O2S/c22-21-25-18(14-28-21)12-20(27)24-17-8-6-15(7-9-17)10-11-23-13-19(26)16-4-2-1-3-5-16/h1-9,14,19,23,26H,10-13H2,(H2,22,25)(H,24,27)/t19-/m1/s1/i6D,7D,8D,9D,10D2,14D. The quantitative estimate of drug-likeness (QED) is 0.440. The molecule has 6 nitrogen and oxygen atoms in total. The van der Waals surface area contributed by atoms with E-state index in [4.69, 9.17) is 15.3 Å². The lowest BCUT2D eigenvalue weighted by Gasteiger charge is -2.12. The Hall–Kier alpha value is -2.74. The number of nitrogen functional groups attached to an aromatic ring is 1. The first kappa shape index (κ1) is 12.7. The second-order valence-electron chi connectivity index (χ2n) is 5.81. The first-order chi connectivity index (χ1) is 16.4. The molecule has 0 bridgehead atoms. The van der Waals surface area contributed by atoms with Crippen molar-refractivity contribution in [2.45, 2.75) is 18.9 Å². The van der Waals surface area contributed by atoms with E-state index in [1.165, 1.54) is 0 Å². The van der Waals surface area contributed by atoms with Gasteiger partial charge >= 0.3 is 0 Å². The molecule has 2 aromatic carbocycles. The predicted molar refractivity (Wildman–Crippen MR) is 113 cm³/mol. The number of rotatable bonds is 9. The number of aliphatic hydroxyl groups is 1. The van der Waals surface area contributed by atoms with Crippen molar-refractivity contribution < 1.29 is 19.5 Å². The Morgan fingerprint density at radius 2 is 2.04 bits per heavy atom. The fourth-order valence-corrected chi connectivity index (χ4v) is 2.81. The summed E-state index contributed by atoms with van der Waals surface area (Å²) < 4.78 is 57.5. The first-order valence-electron chi connectivity index (χ1n) is 12.0. The molecule has 0 aliphatic carbocycles. The smallest absolute Gasteiger partial charge is 0.230 e. The van der Waals surface area contributed by atoms with Gasteiger partial charge < -0.3 is 21.5 Å².